The van der Waals surface area contributed by atoms with E-state index in [4.69, 9.17) is 30.4 Å². The summed E-state index contributed by atoms with van der Waals surface area (Å²) in [5, 5.41) is 26.0. The number of aliphatic hydroxyl groups is 2. The molecule has 2 heterocycles. The van der Waals surface area contributed by atoms with Gasteiger partial charge in [-0.3, -0.25) is 9.59 Å². The quantitative estimate of drug-likeness (QED) is 0.213. The van der Waals surface area contributed by atoms with Crippen LogP contribution < -0.4 is 22.1 Å². The van der Waals surface area contributed by atoms with Gasteiger partial charge in [0.25, 0.3) is 0 Å². The molecule has 0 saturated carbocycles. The standard InChI is InChI=1S/C19H36N4O8/c1-8-12(21)17(14(23-11(4)25)18(29-8)28-7-5-6-20)31-19-13(22-10(3)24)16(27)15(26)9(2)30-19/h8-9,12-19,26-27H,5-7,20-21H2,1-4H3,(H,22,24)(H,23,25)/t8?,9?,12-,13?,14?,15-,16+,17-,18+,19-/m0/s1. The fraction of sp³-hybridized carbons (Fsp3) is 0.895. The summed E-state index contributed by atoms with van der Waals surface area (Å²) in [5.74, 6) is -0.780. The van der Waals surface area contributed by atoms with Crippen LogP contribution in [0.15, 0.2) is 0 Å². The van der Waals surface area contributed by atoms with Crippen LogP contribution >= 0.6 is 0 Å². The number of ether oxygens (including phenoxy) is 4. The van der Waals surface area contributed by atoms with Crippen molar-refractivity contribution in [2.24, 2.45) is 11.5 Å². The van der Waals surface area contributed by atoms with Gasteiger partial charge in [0.2, 0.25) is 11.8 Å². The molecular formula is C19H36N4O8. The van der Waals surface area contributed by atoms with Crippen LogP contribution in [0.5, 0.6) is 0 Å². The Hall–Kier alpha value is -1.38. The molecule has 4 unspecified atom stereocenters. The molecule has 2 aliphatic rings. The summed E-state index contributed by atoms with van der Waals surface area (Å²) in [6.07, 6.45) is -6.06. The van der Waals surface area contributed by atoms with Crippen LogP contribution in [-0.2, 0) is 28.5 Å². The van der Waals surface area contributed by atoms with Crippen molar-refractivity contribution in [1.82, 2.24) is 10.6 Å². The van der Waals surface area contributed by atoms with Crippen molar-refractivity contribution in [3.8, 4) is 0 Å². The lowest BCUT2D eigenvalue weighted by Crippen LogP contribution is -2.70. The number of hydrogen-bond acceptors (Lipinski definition) is 10. The third-order valence-electron chi connectivity index (χ3n) is 5.42. The predicted octanol–water partition coefficient (Wildman–Crippen LogP) is -2.71. The maximum Gasteiger partial charge on any atom is 0.217 e. The predicted molar refractivity (Wildman–Crippen MR) is 108 cm³/mol. The van der Waals surface area contributed by atoms with Crippen molar-refractivity contribution in [2.45, 2.75) is 95.3 Å². The molecule has 8 N–H and O–H groups in total. The minimum atomic E-state index is -1.33. The van der Waals surface area contributed by atoms with Gasteiger partial charge >= 0.3 is 0 Å². The van der Waals surface area contributed by atoms with Crippen molar-refractivity contribution in [1.29, 1.82) is 0 Å². The second-order valence-corrected chi connectivity index (χ2v) is 8.04. The van der Waals surface area contributed by atoms with Crippen LogP contribution in [0.3, 0.4) is 0 Å². The van der Waals surface area contributed by atoms with E-state index in [2.05, 4.69) is 10.6 Å². The number of nitrogens with two attached hydrogens (primary N) is 2. The van der Waals surface area contributed by atoms with E-state index >= 15 is 0 Å². The van der Waals surface area contributed by atoms with E-state index < -0.39 is 67.1 Å². The molecule has 0 radical (unpaired) electrons. The molecule has 180 valence electrons. The van der Waals surface area contributed by atoms with Crippen molar-refractivity contribution >= 4 is 11.8 Å². The van der Waals surface area contributed by atoms with Gasteiger partial charge in [0, 0.05) is 13.8 Å². The minimum absolute atomic E-state index is 0.308. The largest absolute Gasteiger partial charge is 0.388 e. The van der Waals surface area contributed by atoms with Crippen molar-refractivity contribution in [2.75, 3.05) is 13.2 Å². The maximum atomic E-state index is 11.9. The highest BCUT2D eigenvalue weighted by molar-refractivity contribution is 5.73. The first-order valence-corrected chi connectivity index (χ1v) is 10.5. The maximum absolute atomic E-state index is 11.9. The number of rotatable bonds is 8. The van der Waals surface area contributed by atoms with Gasteiger partial charge in [0.05, 0.1) is 24.9 Å². The Bertz CT molecular complexity index is 611. The van der Waals surface area contributed by atoms with Crippen LogP contribution in [0.2, 0.25) is 0 Å². The van der Waals surface area contributed by atoms with E-state index in [9.17, 15) is 19.8 Å². The summed E-state index contributed by atoms with van der Waals surface area (Å²) in [7, 11) is 0. The third kappa shape index (κ3) is 6.56. The molecule has 0 aromatic carbocycles. The summed E-state index contributed by atoms with van der Waals surface area (Å²) < 4.78 is 23.5. The second kappa shape index (κ2) is 11.5. The van der Waals surface area contributed by atoms with Crippen molar-refractivity contribution in [3.05, 3.63) is 0 Å². The number of aliphatic hydroxyl groups excluding tert-OH is 2. The first-order chi connectivity index (χ1) is 14.6. The van der Waals surface area contributed by atoms with Gasteiger partial charge in [-0.25, -0.2) is 0 Å². The van der Waals surface area contributed by atoms with Crippen molar-refractivity contribution < 1.29 is 38.7 Å². The van der Waals surface area contributed by atoms with E-state index in [1.165, 1.54) is 13.8 Å². The van der Waals surface area contributed by atoms with Gasteiger partial charge in [-0.2, -0.15) is 0 Å². The van der Waals surface area contributed by atoms with Gasteiger partial charge in [-0.05, 0) is 26.8 Å². The molecule has 10 atom stereocenters. The van der Waals surface area contributed by atoms with Crippen LogP contribution in [0.25, 0.3) is 0 Å². The summed E-state index contributed by atoms with van der Waals surface area (Å²) >= 11 is 0. The van der Waals surface area contributed by atoms with Gasteiger partial charge in [0.1, 0.15) is 30.4 Å². The molecule has 2 fully saturated rings. The fourth-order valence-electron chi connectivity index (χ4n) is 3.72. The Morgan fingerprint density at radius 1 is 0.968 bits per heavy atom. The molecule has 0 aromatic heterocycles. The molecule has 0 aliphatic carbocycles. The van der Waals surface area contributed by atoms with Crippen LogP contribution in [0, 0.1) is 0 Å². The molecular weight excluding hydrogens is 412 g/mol. The average molecular weight is 449 g/mol. The number of carbonyl (C=O) groups is 2. The lowest BCUT2D eigenvalue weighted by atomic mass is 9.94. The third-order valence-corrected chi connectivity index (χ3v) is 5.42. The first-order valence-electron chi connectivity index (χ1n) is 10.5. The summed E-state index contributed by atoms with van der Waals surface area (Å²) in [5.41, 5.74) is 11.9. The number of hydrogen-bond donors (Lipinski definition) is 6. The molecule has 0 bridgehead atoms. The topological polar surface area (TPSA) is 188 Å². The first kappa shape index (κ1) is 25.9. The molecule has 2 amide bonds. The van der Waals surface area contributed by atoms with Crippen LogP contribution in [0.1, 0.15) is 34.1 Å². The summed E-state index contributed by atoms with van der Waals surface area (Å²) in [6.45, 7) is 6.68. The highest BCUT2D eigenvalue weighted by Crippen LogP contribution is 2.29. The highest BCUT2D eigenvalue weighted by Gasteiger charge is 2.50. The monoisotopic (exact) mass is 448 g/mol. The van der Waals surface area contributed by atoms with E-state index in [0.717, 1.165) is 0 Å². The Balaban J connectivity index is 2.28. The number of amides is 2. The van der Waals surface area contributed by atoms with Gasteiger partial charge in [-0.15, -0.1) is 0 Å². The molecule has 2 saturated heterocycles. The zero-order valence-corrected chi connectivity index (χ0v) is 18.4. The zero-order valence-electron chi connectivity index (χ0n) is 18.4. The average Bonchev–Trinajstić information content (AvgIpc) is 2.69. The Morgan fingerprint density at radius 2 is 1.55 bits per heavy atom. The SMILES string of the molecule is CC(=O)NC1[C@H](O[C@@H]2C(NC(C)=O)[C@H](OCCCN)OC(C)[C@@H]2N)OC(C)[C@H](O)[C@@H]1O. The normalized spacial score (nSPS) is 40.9. The number of carbonyl (C=O) groups excluding carboxylic acids is 2. The molecule has 12 heteroatoms. The van der Waals surface area contributed by atoms with E-state index in [0.29, 0.717) is 19.6 Å². The molecule has 0 aromatic rings. The molecule has 12 nitrogen and oxygen atoms in total. The lowest BCUT2D eigenvalue weighted by Gasteiger charge is -2.48. The Labute approximate surface area is 181 Å². The van der Waals surface area contributed by atoms with Gasteiger partial charge in [0.15, 0.2) is 12.6 Å². The summed E-state index contributed by atoms with van der Waals surface area (Å²) in [4.78, 5) is 23.5. The zero-order chi connectivity index (χ0) is 23.3. The van der Waals surface area contributed by atoms with Crippen LogP contribution in [-0.4, -0.2) is 96.4 Å². The van der Waals surface area contributed by atoms with E-state index in [-0.39, 0.29) is 5.91 Å². The van der Waals surface area contributed by atoms with Crippen LogP contribution in [0.4, 0.5) is 0 Å². The van der Waals surface area contributed by atoms with Crippen molar-refractivity contribution in [3.63, 3.8) is 0 Å². The summed E-state index contributed by atoms with van der Waals surface area (Å²) in [6, 6.07) is -2.53. The second-order valence-electron chi connectivity index (χ2n) is 8.04. The minimum Gasteiger partial charge on any atom is -0.388 e. The van der Waals surface area contributed by atoms with Gasteiger partial charge < -0.3 is 51.3 Å². The van der Waals surface area contributed by atoms with E-state index in [1.54, 1.807) is 13.8 Å². The number of nitrogens with one attached hydrogen (secondary N) is 2. The molecule has 2 aliphatic heterocycles. The highest BCUT2D eigenvalue weighted by atomic mass is 16.7. The molecule has 31 heavy (non-hydrogen) atoms. The molecule has 2 rings (SSSR count). The lowest BCUT2D eigenvalue weighted by molar-refractivity contribution is -0.304. The smallest absolute Gasteiger partial charge is 0.217 e. The Morgan fingerprint density at radius 3 is 2.13 bits per heavy atom. The Kier molecular flexibility index (Phi) is 9.58. The van der Waals surface area contributed by atoms with Gasteiger partial charge in [-0.1, -0.05) is 0 Å². The molecule has 0 spiro atoms. The van der Waals surface area contributed by atoms with E-state index in [1.807, 2.05) is 0 Å². The fourth-order valence-corrected chi connectivity index (χ4v) is 3.72.